The van der Waals surface area contributed by atoms with Crippen molar-refractivity contribution in [2.24, 2.45) is 0 Å². The smallest absolute Gasteiger partial charge is 0.339 e. The first-order valence-corrected chi connectivity index (χ1v) is 12.4. The first-order chi connectivity index (χ1) is 17.2. The van der Waals surface area contributed by atoms with Crippen molar-refractivity contribution < 1.29 is 9.53 Å². The first-order valence-electron chi connectivity index (χ1n) is 11.6. The molecule has 6 rings (SSSR count). The van der Waals surface area contributed by atoms with E-state index in [4.69, 9.17) is 4.74 Å². The zero-order valence-electron chi connectivity index (χ0n) is 19.0. The van der Waals surface area contributed by atoms with E-state index in [9.17, 15) is 4.79 Å². The molecule has 0 saturated heterocycles. The van der Waals surface area contributed by atoms with E-state index in [0.29, 0.717) is 12.3 Å². The predicted molar refractivity (Wildman–Crippen MR) is 143 cm³/mol. The number of ether oxygens (including phenoxy) is 1. The minimum atomic E-state index is -0.570. The molecule has 0 bridgehead atoms. The minimum absolute atomic E-state index is 0.265. The number of rotatable bonds is 5. The Hall–Kier alpha value is -3.83. The van der Waals surface area contributed by atoms with Gasteiger partial charge in [0, 0.05) is 40.2 Å². The fourth-order valence-corrected chi connectivity index (χ4v) is 5.25. The average molecular weight is 523 g/mol. The number of carbonyl (C=O) groups is 1. The molecule has 1 aliphatic rings. The van der Waals surface area contributed by atoms with E-state index in [0.717, 1.165) is 38.7 Å². The summed E-state index contributed by atoms with van der Waals surface area (Å²) in [6.07, 6.45) is 2.11. The molecular formula is C30H23BrN2O2. The van der Waals surface area contributed by atoms with E-state index in [1.54, 1.807) is 0 Å². The lowest BCUT2D eigenvalue weighted by molar-refractivity contribution is -0.136. The Labute approximate surface area is 212 Å². The van der Waals surface area contributed by atoms with Crippen molar-refractivity contribution in [3.8, 4) is 5.75 Å². The third-order valence-corrected chi connectivity index (χ3v) is 6.97. The number of fused-ring (bicyclic) bond motifs is 2. The second kappa shape index (κ2) is 9.08. The van der Waals surface area contributed by atoms with E-state index in [1.807, 2.05) is 54.6 Å². The van der Waals surface area contributed by atoms with Gasteiger partial charge in [0.15, 0.2) is 11.8 Å². The van der Waals surface area contributed by atoms with Gasteiger partial charge in [-0.25, -0.2) is 4.79 Å². The monoisotopic (exact) mass is 522 g/mol. The van der Waals surface area contributed by atoms with Gasteiger partial charge in [-0.1, -0.05) is 88.7 Å². The predicted octanol–water partition coefficient (Wildman–Crippen LogP) is 7.12. The highest BCUT2D eigenvalue weighted by molar-refractivity contribution is 9.10. The largest absolute Gasteiger partial charge is 0.423 e. The van der Waals surface area contributed by atoms with Crippen LogP contribution in [0.4, 0.5) is 5.69 Å². The van der Waals surface area contributed by atoms with E-state index in [2.05, 4.69) is 80.1 Å². The van der Waals surface area contributed by atoms with Gasteiger partial charge in [0.2, 0.25) is 0 Å². The fourth-order valence-electron chi connectivity index (χ4n) is 4.89. The summed E-state index contributed by atoms with van der Waals surface area (Å²) in [4.78, 5) is 15.7. The molecule has 35 heavy (non-hydrogen) atoms. The van der Waals surface area contributed by atoms with Crippen LogP contribution in [0.5, 0.6) is 5.75 Å². The highest BCUT2D eigenvalue weighted by Gasteiger charge is 2.38. The van der Waals surface area contributed by atoms with Crippen molar-refractivity contribution in [2.75, 3.05) is 4.90 Å². The molecule has 1 aliphatic heterocycles. The number of benzene rings is 4. The Morgan fingerprint density at radius 2 is 1.43 bits per heavy atom. The summed E-state index contributed by atoms with van der Waals surface area (Å²) in [5.74, 6) is 0.331. The Morgan fingerprint density at radius 1 is 0.771 bits per heavy atom. The fraction of sp³-hybridized carbons (Fsp3) is 0.100. The molecule has 0 radical (unpaired) electrons. The molecule has 1 atom stereocenters. The van der Waals surface area contributed by atoms with Crippen LogP contribution >= 0.6 is 15.9 Å². The Morgan fingerprint density at radius 3 is 2.17 bits per heavy atom. The minimum Gasteiger partial charge on any atom is -0.423 e. The molecule has 5 heteroatoms. The van der Waals surface area contributed by atoms with Crippen LogP contribution < -0.4 is 9.64 Å². The van der Waals surface area contributed by atoms with Crippen molar-refractivity contribution >= 4 is 38.5 Å². The number of carbonyl (C=O) groups excluding carboxylic acids is 1. The van der Waals surface area contributed by atoms with Gasteiger partial charge in [0.1, 0.15) is 0 Å². The second-order valence-electron chi connectivity index (χ2n) is 8.76. The molecule has 5 aromatic rings. The van der Waals surface area contributed by atoms with Crippen molar-refractivity contribution in [1.82, 2.24) is 4.57 Å². The van der Waals surface area contributed by atoms with Crippen molar-refractivity contribution in [3.05, 3.63) is 130 Å². The van der Waals surface area contributed by atoms with Crippen LogP contribution in [0.3, 0.4) is 0 Å². The molecule has 4 nitrogen and oxygen atoms in total. The molecule has 1 unspecified atom stereocenters. The molecule has 172 valence electrons. The van der Waals surface area contributed by atoms with Gasteiger partial charge >= 0.3 is 5.97 Å². The quantitative estimate of drug-likeness (QED) is 0.182. The highest BCUT2D eigenvalue weighted by atomic mass is 79.9. The average Bonchev–Trinajstić information content (AvgIpc) is 3.22. The lowest BCUT2D eigenvalue weighted by Crippen LogP contribution is -2.40. The molecule has 0 fully saturated rings. The SMILES string of the molecule is O=C1Oc2ccccc2N(Cc2ccccc2)C1c1cn(Cc2ccccc2)c2ccc(Br)cc12. The highest BCUT2D eigenvalue weighted by Crippen LogP contribution is 2.43. The maximum Gasteiger partial charge on any atom is 0.339 e. The molecule has 0 saturated carbocycles. The maximum absolute atomic E-state index is 13.6. The standard InChI is InChI=1S/C30H23BrN2O2/c31-23-15-16-26-24(17-23)25(20-32(26)18-21-9-3-1-4-10-21)29-30(34)35-28-14-8-7-13-27(28)33(29)19-22-11-5-2-6-12-22/h1-17,20,29H,18-19H2. The second-order valence-corrected chi connectivity index (χ2v) is 9.68. The van der Waals surface area contributed by atoms with Gasteiger partial charge in [-0.15, -0.1) is 0 Å². The molecule has 0 aliphatic carbocycles. The number of anilines is 1. The molecule has 0 amide bonds. The summed E-state index contributed by atoms with van der Waals surface area (Å²) in [6.45, 7) is 1.31. The summed E-state index contributed by atoms with van der Waals surface area (Å²) < 4.78 is 9.07. The van der Waals surface area contributed by atoms with Crippen LogP contribution in [0.15, 0.2) is 114 Å². The molecule has 0 spiro atoms. The summed E-state index contributed by atoms with van der Waals surface area (Å²) in [5, 5.41) is 1.04. The van der Waals surface area contributed by atoms with Gasteiger partial charge < -0.3 is 14.2 Å². The summed E-state index contributed by atoms with van der Waals surface area (Å²) in [7, 11) is 0. The Bertz CT molecular complexity index is 1510. The number of aromatic nitrogens is 1. The number of para-hydroxylation sites is 2. The normalized spacial score (nSPS) is 15.2. The van der Waals surface area contributed by atoms with Crippen LogP contribution in [0.2, 0.25) is 0 Å². The molecule has 2 heterocycles. The number of halogens is 1. The van der Waals surface area contributed by atoms with Gasteiger partial charge in [0.25, 0.3) is 0 Å². The zero-order valence-corrected chi connectivity index (χ0v) is 20.6. The lowest BCUT2D eigenvalue weighted by atomic mass is 10.0. The lowest BCUT2D eigenvalue weighted by Gasteiger charge is -2.37. The van der Waals surface area contributed by atoms with Gasteiger partial charge in [0.05, 0.1) is 5.69 Å². The summed E-state index contributed by atoms with van der Waals surface area (Å²) in [6, 6.07) is 34.1. The summed E-state index contributed by atoms with van der Waals surface area (Å²) in [5.41, 5.74) is 5.28. The number of esters is 1. The number of nitrogens with zero attached hydrogens (tertiary/aromatic N) is 2. The van der Waals surface area contributed by atoms with Crippen LogP contribution in [0, 0.1) is 0 Å². The van der Waals surface area contributed by atoms with E-state index in [-0.39, 0.29) is 5.97 Å². The van der Waals surface area contributed by atoms with E-state index < -0.39 is 6.04 Å². The van der Waals surface area contributed by atoms with Crippen molar-refractivity contribution in [1.29, 1.82) is 0 Å². The number of hydrogen-bond acceptors (Lipinski definition) is 3. The van der Waals surface area contributed by atoms with Crippen LogP contribution in [-0.4, -0.2) is 10.5 Å². The Kier molecular flexibility index (Phi) is 5.63. The molecule has 4 aromatic carbocycles. The third kappa shape index (κ3) is 4.13. The van der Waals surface area contributed by atoms with E-state index in [1.165, 1.54) is 5.56 Å². The van der Waals surface area contributed by atoms with Crippen molar-refractivity contribution in [3.63, 3.8) is 0 Å². The first kappa shape index (κ1) is 21.7. The molecule has 1 aromatic heterocycles. The number of hydrogen-bond donors (Lipinski definition) is 0. The van der Waals surface area contributed by atoms with Crippen LogP contribution in [0.25, 0.3) is 10.9 Å². The van der Waals surface area contributed by atoms with Crippen molar-refractivity contribution in [2.45, 2.75) is 19.1 Å². The topological polar surface area (TPSA) is 34.5 Å². The van der Waals surface area contributed by atoms with Gasteiger partial charge in [-0.05, 0) is 41.5 Å². The Balaban J connectivity index is 1.51. The van der Waals surface area contributed by atoms with Crippen LogP contribution in [0.1, 0.15) is 22.7 Å². The molecular weight excluding hydrogens is 500 g/mol. The van der Waals surface area contributed by atoms with Crippen LogP contribution in [-0.2, 0) is 17.9 Å². The van der Waals surface area contributed by atoms with Gasteiger partial charge in [-0.2, -0.15) is 0 Å². The third-order valence-electron chi connectivity index (χ3n) is 6.48. The maximum atomic E-state index is 13.6. The zero-order chi connectivity index (χ0) is 23.8. The van der Waals surface area contributed by atoms with E-state index >= 15 is 0 Å². The van der Waals surface area contributed by atoms with Gasteiger partial charge in [-0.3, -0.25) is 0 Å². The summed E-state index contributed by atoms with van der Waals surface area (Å²) >= 11 is 3.64. The molecule has 0 N–H and O–H groups in total.